The average Bonchev–Trinajstić information content (AvgIpc) is 2.68. The number of halogens is 3. The Morgan fingerprint density at radius 2 is 1.62 bits per heavy atom. The van der Waals surface area contributed by atoms with Gasteiger partial charge in [0.1, 0.15) is 5.82 Å². The first-order valence-corrected chi connectivity index (χ1v) is 8.56. The number of hydrogen-bond donors (Lipinski definition) is 2. The van der Waals surface area contributed by atoms with Gasteiger partial charge in [-0.1, -0.05) is 12.1 Å². The van der Waals surface area contributed by atoms with Crippen LogP contribution in [-0.2, 0) is 6.18 Å². The van der Waals surface area contributed by atoms with Gasteiger partial charge in [0, 0.05) is 23.0 Å². The van der Waals surface area contributed by atoms with Crippen LogP contribution < -0.4 is 10.6 Å². The lowest BCUT2D eigenvalue weighted by molar-refractivity contribution is -0.136. The Balaban J connectivity index is 1.77. The zero-order valence-electron chi connectivity index (χ0n) is 15.2. The Kier molecular flexibility index (Phi) is 5.63. The zero-order valence-corrected chi connectivity index (χ0v) is 15.2. The number of carbonyl (C=O) groups excluding carboxylic acids is 2. The molecule has 3 rings (SSSR count). The maximum atomic E-state index is 13.1. The molecule has 0 spiro atoms. The summed E-state index contributed by atoms with van der Waals surface area (Å²) in [5.74, 6) is -0.427. The molecule has 0 radical (unpaired) electrons. The number of benzene rings is 2. The van der Waals surface area contributed by atoms with E-state index in [4.69, 9.17) is 0 Å². The molecule has 3 aromatic rings. The number of para-hydroxylation sites is 1. The van der Waals surface area contributed by atoms with Gasteiger partial charge >= 0.3 is 6.18 Å². The second-order valence-electron chi connectivity index (χ2n) is 6.19. The van der Waals surface area contributed by atoms with Gasteiger partial charge in [-0.15, -0.1) is 0 Å². The van der Waals surface area contributed by atoms with E-state index in [-0.39, 0.29) is 17.0 Å². The van der Waals surface area contributed by atoms with Gasteiger partial charge in [-0.2, -0.15) is 13.2 Å². The summed E-state index contributed by atoms with van der Waals surface area (Å²) in [6, 6.07) is 14.2. The van der Waals surface area contributed by atoms with E-state index in [1.807, 2.05) is 0 Å². The van der Waals surface area contributed by atoms with E-state index >= 15 is 0 Å². The molecule has 2 N–H and O–H groups in total. The smallest absolute Gasteiger partial charge is 0.340 e. The van der Waals surface area contributed by atoms with Gasteiger partial charge in [0.25, 0.3) is 5.91 Å². The predicted octanol–water partition coefficient (Wildman–Crippen LogP) is 5.30. The van der Waals surface area contributed by atoms with Gasteiger partial charge in [0.2, 0.25) is 0 Å². The largest absolute Gasteiger partial charge is 0.418 e. The number of rotatable bonds is 5. The number of Topliss-reactive ketones (excluding diaryl/α,β-unsaturated/α-hetero) is 1. The van der Waals surface area contributed by atoms with E-state index in [0.717, 1.165) is 6.07 Å². The first-order valence-electron chi connectivity index (χ1n) is 8.56. The molecule has 1 heterocycles. The first kappa shape index (κ1) is 20.1. The number of amides is 1. The molecule has 2 aromatic carbocycles. The van der Waals surface area contributed by atoms with Crippen molar-refractivity contribution < 1.29 is 22.8 Å². The summed E-state index contributed by atoms with van der Waals surface area (Å²) in [6.07, 6.45) is -3.21. The van der Waals surface area contributed by atoms with Crippen molar-refractivity contribution in [1.82, 2.24) is 4.98 Å². The highest BCUT2D eigenvalue weighted by atomic mass is 19.4. The molecule has 0 bridgehead atoms. The van der Waals surface area contributed by atoms with E-state index in [9.17, 15) is 22.8 Å². The lowest BCUT2D eigenvalue weighted by Gasteiger charge is -2.14. The number of hydrogen-bond acceptors (Lipinski definition) is 4. The third-order valence-corrected chi connectivity index (χ3v) is 4.07. The topological polar surface area (TPSA) is 71.1 Å². The predicted molar refractivity (Wildman–Crippen MR) is 103 cm³/mol. The highest BCUT2D eigenvalue weighted by molar-refractivity contribution is 6.05. The van der Waals surface area contributed by atoms with Gasteiger partial charge in [-0.25, -0.2) is 4.98 Å². The van der Waals surface area contributed by atoms with Crippen LogP contribution in [0.2, 0.25) is 0 Å². The van der Waals surface area contributed by atoms with Crippen molar-refractivity contribution in [1.29, 1.82) is 0 Å². The van der Waals surface area contributed by atoms with E-state index in [2.05, 4.69) is 15.6 Å². The van der Waals surface area contributed by atoms with Crippen molar-refractivity contribution in [2.45, 2.75) is 13.1 Å². The second kappa shape index (κ2) is 8.14. The lowest BCUT2D eigenvalue weighted by atomic mass is 10.1. The Morgan fingerprint density at radius 3 is 2.28 bits per heavy atom. The molecule has 29 heavy (non-hydrogen) atoms. The Bertz CT molecular complexity index is 1050. The number of carbonyl (C=O) groups is 2. The monoisotopic (exact) mass is 399 g/mol. The van der Waals surface area contributed by atoms with Crippen LogP contribution in [0.3, 0.4) is 0 Å². The van der Waals surface area contributed by atoms with Crippen molar-refractivity contribution in [3.05, 3.63) is 83.6 Å². The standard InChI is InChI=1S/C21H16F3N3O2/c1-13(28)14-6-8-16(9-7-14)26-19-12-15(10-11-25-19)20(29)27-18-5-3-2-4-17(18)21(22,23)24/h2-12H,1H3,(H,25,26)(H,27,29). The van der Waals surface area contributed by atoms with Crippen LogP contribution in [0.5, 0.6) is 0 Å². The number of pyridine rings is 1. The van der Waals surface area contributed by atoms with Gasteiger partial charge in [-0.05, 0) is 55.5 Å². The number of ketones is 1. The molecule has 0 unspecified atom stereocenters. The summed E-state index contributed by atoms with van der Waals surface area (Å²) in [7, 11) is 0. The quantitative estimate of drug-likeness (QED) is 0.571. The van der Waals surface area contributed by atoms with Gasteiger partial charge in [0.15, 0.2) is 5.78 Å². The molecule has 0 aliphatic heterocycles. The maximum absolute atomic E-state index is 13.1. The van der Waals surface area contributed by atoms with Crippen LogP contribution in [0.1, 0.15) is 33.2 Å². The molecule has 1 aromatic heterocycles. The molecule has 0 saturated carbocycles. The third kappa shape index (κ3) is 4.98. The van der Waals surface area contributed by atoms with Crippen LogP contribution in [0.25, 0.3) is 0 Å². The van der Waals surface area contributed by atoms with E-state index in [1.165, 1.54) is 43.5 Å². The van der Waals surface area contributed by atoms with Crippen LogP contribution >= 0.6 is 0 Å². The minimum atomic E-state index is -4.58. The van der Waals surface area contributed by atoms with Crippen molar-refractivity contribution in [2.24, 2.45) is 0 Å². The van der Waals surface area contributed by atoms with E-state index in [0.29, 0.717) is 17.1 Å². The number of aromatic nitrogens is 1. The Hall–Kier alpha value is -3.68. The van der Waals surface area contributed by atoms with Gasteiger partial charge in [-0.3, -0.25) is 9.59 Å². The fourth-order valence-electron chi connectivity index (χ4n) is 2.61. The highest BCUT2D eigenvalue weighted by Crippen LogP contribution is 2.34. The molecule has 0 saturated heterocycles. The molecule has 0 fully saturated rings. The fourth-order valence-corrected chi connectivity index (χ4v) is 2.61. The second-order valence-corrected chi connectivity index (χ2v) is 6.19. The molecule has 148 valence electrons. The van der Waals surface area contributed by atoms with Crippen LogP contribution in [-0.4, -0.2) is 16.7 Å². The van der Waals surface area contributed by atoms with E-state index in [1.54, 1.807) is 24.3 Å². The summed E-state index contributed by atoms with van der Waals surface area (Å²) in [4.78, 5) is 27.9. The van der Waals surface area contributed by atoms with Crippen molar-refractivity contribution >= 4 is 28.9 Å². The summed E-state index contributed by atoms with van der Waals surface area (Å²) < 4.78 is 39.3. The van der Waals surface area contributed by atoms with Gasteiger partial charge < -0.3 is 10.6 Å². The third-order valence-electron chi connectivity index (χ3n) is 4.07. The Morgan fingerprint density at radius 1 is 0.931 bits per heavy atom. The number of nitrogens with one attached hydrogen (secondary N) is 2. The number of nitrogens with zero attached hydrogens (tertiary/aromatic N) is 1. The molecule has 8 heteroatoms. The lowest BCUT2D eigenvalue weighted by Crippen LogP contribution is -2.16. The Labute approximate surface area is 164 Å². The van der Waals surface area contributed by atoms with E-state index < -0.39 is 17.6 Å². The number of alkyl halides is 3. The summed E-state index contributed by atoms with van der Waals surface area (Å²) in [6.45, 7) is 1.46. The molecule has 0 atom stereocenters. The van der Waals surface area contributed by atoms with Crippen LogP contribution in [0.15, 0.2) is 66.9 Å². The molecule has 5 nitrogen and oxygen atoms in total. The molecular formula is C21H16F3N3O2. The van der Waals surface area contributed by atoms with Crippen LogP contribution in [0.4, 0.5) is 30.4 Å². The molecule has 0 aliphatic carbocycles. The highest BCUT2D eigenvalue weighted by Gasteiger charge is 2.33. The molecule has 0 aliphatic rings. The zero-order chi connectivity index (χ0) is 21.0. The minimum absolute atomic E-state index is 0.0625. The SMILES string of the molecule is CC(=O)c1ccc(Nc2cc(C(=O)Nc3ccccc3C(F)(F)F)ccn2)cc1. The van der Waals surface area contributed by atoms with Gasteiger partial charge in [0.05, 0.1) is 11.3 Å². The minimum Gasteiger partial charge on any atom is -0.340 e. The molecule has 1 amide bonds. The van der Waals surface area contributed by atoms with Crippen molar-refractivity contribution in [2.75, 3.05) is 10.6 Å². The normalized spacial score (nSPS) is 11.0. The average molecular weight is 399 g/mol. The maximum Gasteiger partial charge on any atom is 0.418 e. The summed E-state index contributed by atoms with van der Waals surface area (Å²) in [5, 5.41) is 5.27. The number of anilines is 3. The van der Waals surface area contributed by atoms with Crippen molar-refractivity contribution in [3.63, 3.8) is 0 Å². The first-order chi connectivity index (χ1) is 13.7. The fraction of sp³-hybridized carbons (Fsp3) is 0.0952. The van der Waals surface area contributed by atoms with Crippen molar-refractivity contribution in [3.8, 4) is 0 Å². The van der Waals surface area contributed by atoms with Crippen LogP contribution in [0, 0.1) is 0 Å². The summed E-state index contributed by atoms with van der Waals surface area (Å²) >= 11 is 0. The summed E-state index contributed by atoms with van der Waals surface area (Å²) in [5.41, 5.74) is 0.0877. The molecular weight excluding hydrogens is 383 g/mol.